The molecule has 0 aromatic carbocycles. The molecule has 98 valence electrons. The first kappa shape index (κ1) is 14.0. The molecule has 0 spiro atoms. The van der Waals surface area contributed by atoms with Gasteiger partial charge in [-0.15, -0.1) is 0 Å². The number of carbonyl (C=O) groups excluding carboxylic acids is 1. The summed E-state index contributed by atoms with van der Waals surface area (Å²) in [5.41, 5.74) is -0.967. The Morgan fingerprint density at radius 1 is 1.67 bits per heavy atom. The van der Waals surface area contributed by atoms with E-state index in [0.29, 0.717) is 5.82 Å². The summed E-state index contributed by atoms with van der Waals surface area (Å²) in [6.45, 7) is 6.65. The van der Waals surface area contributed by atoms with Crippen LogP contribution >= 0.6 is 0 Å². The number of aryl methyl sites for hydroxylation is 1. The highest BCUT2D eigenvalue weighted by molar-refractivity contribution is 5.77. The largest absolute Gasteiger partial charge is 0.442 e. The van der Waals surface area contributed by atoms with Crippen LogP contribution in [-0.4, -0.2) is 21.2 Å². The van der Waals surface area contributed by atoms with E-state index in [4.69, 9.17) is 5.26 Å². The van der Waals surface area contributed by atoms with Crippen molar-refractivity contribution < 1.29 is 9.32 Å². The van der Waals surface area contributed by atoms with Crippen LogP contribution in [-0.2, 0) is 11.3 Å². The van der Waals surface area contributed by atoms with Crippen LogP contribution in [0.25, 0.3) is 0 Å². The third kappa shape index (κ3) is 2.77. The second kappa shape index (κ2) is 5.04. The summed E-state index contributed by atoms with van der Waals surface area (Å²) in [4.78, 5) is 23.0. The zero-order valence-electron chi connectivity index (χ0n) is 10.9. The van der Waals surface area contributed by atoms with E-state index in [1.165, 1.54) is 0 Å². The first-order valence-electron chi connectivity index (χ1n) is 5.55. The standard InChI is InChI=1S/C11H16N4O3/c1-7(2)11(4,6-12)13-9(16)5-15-8(3)14-18-10(15)17/h7H,5H2,1-4H3,(H,13,16). The molecule has 0 aliphatic rings. The van der Waals surface area contributed by atoms with Crippen molar-refractivity contribution in [3.8, 4) is 6.07 Å². The molecule has 1 aromatic heterocycles. The predicted octanol–water partition coefficient (Wildman–Crippen LogP) is 0.199. The van der Waals surface area contributed by atoms with Crippen LogP contribution in [0.4, 0.5) is 0 Å². The summed E-state index contributed by atoms with van der Waals surface area (Å²) in [5.74, 6) is -0.850. The van der Waals surface area contributed by atoms with Gasteiger partial charge in [-0.05, 0) is 19.8 Å². The summed E-state index contributed by atoms with van der Waals surface area (Å²) in [6.07, 6.45) is 0. The zero-order chi connectivity index (χ0) is 13.9. The Bertz CT molecular complexity index is 537. The average Bonchev–Trinajstić information content (AvgIpc) is 2.60. The first-order chi connectivity index (χ1) is 8.30. The Morgan fingerprint density at radius 2 is 2.28 bits per heavy atom. The molecule has 7 nitrogen and oxygen atoms in total. The van der Waals surface area contributed by atoms with Crippen LogP contribution in [0.15, 0.2) is 9.32 Å². The van der Waals surface area contributed by atoms with E-state index >= 15 is 0 Å². The second-order valence-corrected chi connectivity index (χ2v) is 4.60. The molecule has 7 heteroatoms. The zero-order valence-corrected chi connectivity index (χ0v) is 10.9. The van der Waals surface area contributed by atoms with E-state index in [9.17, 15) is 9.59 Å². The van der Waals surface area contributed by atoms with Gasteiger partial charge in [0.05, 0.1) is 6.07 Å². The number of nitrogens with one attached hydrogen (secondary N) is 1. The summed E-state index contributed by atoms with van der Waals surface area (Å²) in [5, 5.41) is 15.1. The Morgan fingerprint density at radius 3 is 2.67 bits per heavy atom. The normalized spacial score (nSPS) is 14.0. The molecule has 0 fully saturated rings. The van der Waals surface area contributed by atoms with Crippen molar-refractivity contribution >= 4 is 5.91 Å². The Labute approximate surface area is 104 Å². The quantitative estimate of drug-likeness (QED) is 0.824. The predicted molar refractivity (Wildman–Crippen MR) is 62.5 cm³/mol. The van der Waals surface area contributed by atoms with Crippen LogP contribution in [0.1, 0.15) is 26.6 Å². The van der Waals surface area contributed by atoms with Gasteiger partial charge in [-0.3, -0.25) is 13.9 Å². The van der Waals surface area contributed by atoms with Gasteiger partial charge in [-0.25, -0.2) is 4.79 Å². The van der Waals surface area contributed by atoms with E-state index in [2.05, 4.69) is 21.1 Å². The van der Waals surface area contributed by atoms with Gasteiger partial charge >= 0.3 is 5.76 Å². The average molecular weight is 252 g/mol. The van der Waals surface area contributed by atoms with Crippen molar-refractivity contribution in [2.45, 2.75) is 39.8 Å². The van der Waals surface area contributed by atoms with Crippen molar-refractivity contribution in [3.63, 3.8) is 0 Å². The van der Waals surface area contributed by atoms with Crippen molar-refractivity contribution in [1.29, 1.82) is 5.26 Å². The smallest absolute Gasteiger partial charge is 0.336 e. The van der Waals surface area contributed by atoms with E-state index < -0.39 is 17.2 Å². The molecule has 18 heavy (non-hydrogen) atoms. The van der Waals surface area contributed by atoms with Gasteiger partial charge in [-0.1, -0.05) is 19.0 Å². The lowest BCUT2D eigenvalue weighted by Crippen LogP contribution is -2.50. The Hall–Kier alpha value is -2.10. The minimum Gasteiger partial charge on any atom is -0.336 e. The van der Waals surface area contributed by atoms with Crippen molar-refractivity contribution in [1.82, 2.24) is 15.0 Å². The van der Waals surface area contributed by atoms with Gasteiger partial charge in [0.15, 0.2) is 5.82 Å². The third-order valence-electron chi connectivity index (χ3n) is 2.95. The van der Waals surface area contributed by atoms with Gasteiger partial charge in [0, 0.05) is 0 Å². The highest BCUT2D eigenvalue weighted by atomic mass is 16.5. The molecule has 1 heterocycles. The van der Waals surface area contributed by atoms with Crippen LogP contribution in [0.5, 0.6) is 0 Å². The maximum atomic E-state index is 11.8. The first-order valence-corrected chi connectivity index (χ1v) is 5.55. The number of carbonyl (C=O) groups is 1. The molecule has 0 saturated carbocycles. The number of amides is 1. The number of hydrogen-bond acceptors (Lipinski definition) is 5. The molecule has 0 aliphatic carbocycles. The molecule has 0 radical (unpaired) electrons. The highest BCUT2D eigenvalue weighted by Gasteiger charge is 2.30. The molecule has 1 N–H and O–H groups in total. The molecular formula is C11H16N4O3. The monoisotopic (exact) mass is 252 g/mol. The molecule has 1 rings (SSSR count). The number of rotatable bonds is 4. The van der Waals surface area contributed by atoms with Crippen molar-refractivity contribution in [3.05, 3.63) is 16.4 Å². The molecule has 1 atom stereocenters. The number of nitrogens with zero attached hydrogens (tertiary/aromatic N) is 3. The van der Waals surface area contributed by atoms with Gasteiger partial charge in [0.1, 0.15) is 12.1 Å². The van der Waals surface area contributed by atoms with E-state index in [1.807, 2.05) is 13.8 Å². The van der Waals surface area contributed by atoms with E-state index in [-0.39, 0.29) is 12.5 Å². The van der Waals surface area contributed by atoms with Crippen molar-refractivity contribution in [2.75, 3.05) is 0 Å². The topological polar surface area (TPSA) is 101 Å². The summed E-state index contributed by atoms with van der Waals surface area (Å²) in [6, 6.07) is 2.06. The lowest BCUT2D eigenvalue weighted by atomic mass is 9.90. The number of aromatic nitrogens is 2. The van der Waals surface area contributed by atoms with E-state index in [0.717, 1.165) is 4.57 Å². The van der Waals surface area contributed by atoms with Gasteiger partial charge in [-0.2, -0.15) is 5.26 Å². The SMILES string of the molecule is Cc1noc(=O)n1CC(=O)NC(C)(C#N)C(C)C. The van der Waals surface area contributed by atoms with Crippen LogP contribution in [0, 0.1) is 24.2 Å². The molecule has 0 aliphatic heterocycles. The second-order valence-electron chi connectivity index (χ2n) is 4.60. The molecule has 1 unspecified atom stereocenters. The summed E-state index contributed by atoms with van der Waals surface area (Å²) >= 11 is 0. The summed E-state index contributed by atoms with van der Waals surface area (Å²) < 4.78 is 5.52. The van der Waals surface area contributed by atoms with Crippen LogP contribution in [0.3, 0.4) is 0 Å². The maximum Gasteiger partial charge on any atom is 0.442 e. The molecule has 1 amide bonds. The highest BCUT2D eigenvalue weighted by Crippen LogP contribution is 2.14. The van der Waals surface area contributed by atoms with Gasteiger partial charge < -0.3 is 5.32 Å². The molecule has 1 aromatic rings. The number of nitriles is 1. The minimum absolute atomic E-state index is 0.0493. The molecular weight excluding hydrogens is 236 g/mol. The fourth-order valence-corrected chi connectivity index (χ4v) is 1.29. The van der Waals surface area contributed by atoms with Gasteiger partial charge in [0.25, 0.3) is 0 Å². The number of hydrogen-bond donors (Lipinski definition) is 1. The van der Waals surface area contributed by atoms with Crippen LogP contribution in [0.2, 0.25) is 0 Å². The fraction of sp³-hybridized carbons (Fsp3) is 0.636. The maximum absolute atomic E-state index is 11.8. The molecule has 0 bridgehead atoms. The Balaban J connectivity index is 2.80. The summed E-state index contributed by atoms with van der Waals surface area (Å²) in [7, 11) is 0. The van der Waals surface area contributed by atoms with Crippen LogP contribution < -0.4 is 11.1 Å². The third-order valence-corrected chi connectivity index (χ3v) is 2.95. The Kier molecular flexibility index (Phi) is 3.91. The lowest BCUT2D eigenvalue weighted by Gasteiger charge is -2.27. The lowest BCUT2D eigenvalue weighted by molar-refractivity contribution is -0.123. The fourth-order valence-electron chi connectivity index (χ4n) is 1.29. The minimum atomic E-state index is -0.967. The van der Waals surface area contributed by atoms with E-state index in [1.54, 1.807) is 13.8 Å². The van der Waals surface area contributed by atoms with Crippen molar-refractivity contribution in [2.24, 2.45) is 5.92 Å². The molecule has 0 saturated heterocycles. The van der Waals surface area contributed by atoms with Gasteiger partial charge in [0.2, 0.25) is 5.91 Å².